The van der Waals surface area contributed by atoms with Crippen LogP contribution < -0.4 is 10.6 Å². The number of likely N-dealkylation sites (tertiary alicyclic amines) is 1. The second kappa shape index (κ2) is 11.2. The highest BCUT2D eigenvalue weighted by atomic mass is 35.5. The van der Waals surface area contributed by atoms with Crippen molar-refractivity contribution in [2.24, 2.45) is 11.8 Å². The van der Waals surface area contributed by atoms with Crippen molar-refractivity contribution < 1.29 is 19.1 Å². The van der Waals surface area contributed by atoms with E-state index in [0.29, 0.717) is 28.8 Å². The Balaban J connectivity index is 1.43. The fourth-order valence-corrected chi connectivity index (χ4v) is 7.20. The molecule has 38 heavy (non-hydrogen) atoms. The summed E-state index contributed by atoms with van der Waals surface area (Å²) >= 11 is 12.2. The molecule has 4 aliphatic rings. The molecule has 5 rings (SSSR count). The van der Waals surface area contributed by atoms with Crippen molar-refractivity contribution in [1.29, 1.82) is 0 Å². The number of carbonyl (C=O) groups excluding carboxylic acids is 3. The second-order valence-corrected chi connectivity index (χ2v) is 11.6. The molecule has 1 aromatic rings. The molecule has 3 aliphatic heterocycles. The van der Waals surface area contributed by atoms with E-state index in [-0.39, 0.29) is 23.8 Å². The summed E-state index contributed by atoms with van der Waals surface area (Å²) in [5.74, 6) is -2.31. The Kier molecular flexibility index (Phi) is 8.06. The zero-order valence-corrected chi connectivity index (χ0v) is 23.4. The van der Waals surface area contributed by atoms with Crippen LogP contribution in [-0.2, 0) is 19.1 Å². The van der Waals surface area contributed by atoms with Gasteiger partial charge in [0, 0.05) is 34.9 Å². The number of fused-ring (bicyclic) bond motifs is 1. The molecule has 10 heteroatoms. The number of rotatable bonds is 9. The molecule has 8 nitrogen and oxygen atoms in total. The van der Waals surface area contributed by atoms with E-state index in [0.717, 1.165) is 38.8 Å². The van der Waals surface area contributed by atoms with Gasteiger partial charge >= 0.3 is 0 Å². The Morgan fingerprint density at radius 1 is 1.08 bits per heavy atom. The van der Waals surface area contributed by atoms with E-state index in [9.17, 15) is 14.4 Å². The van der Waals surface area contributed by atoms with Crippen LogP contribution in [0.4, 0.5) is 5.69 Å². The topological polar surface area (TPSA) is 91.0 Å². The normalized spacial score (nSPS) is 30.2. The zero-order valence-electron chi connectivity index (χ0n) is 21.9. The minimum Gasteiger partial charge on any atom is -0.359 e. The quantitative estimate of drug-likeness (QED) is 0.446. The maximum atomic E-state index is 14.0. The van der Waals surface area contributed by atoms with Crippen LogP contribution in [0.15, 0.2) is 30.4 Å². The largest absolute Gasteiger partial charge is 0.359 e. The highest BCUT2D eigenvalue weighted by molar-refractivity contribution is 6.35. The first-order valence-electron chi connectivity index (χ1n) is 13.7. The molecule has 1 spiro atoms. The summed E-state index contributed by atoms with van der Waals surface area (Å²) in [5, 5.41) is 6.89. The van der Waals surface area contributed by atoms with Gasteiger partial charge in [0.15, 0.2) is 0 Å². The summed E-state index contributed by atoms with van der Waals surface area (Å²) in [6, 6.07) is 4.08. The van der Waals surface area contributed by atoms with Crippen LogP contribution in [0.3, 0.4) is 0 Å². The minimum absolute atomic E-state index is 0.0979. The van der Waals surface area contributed by atoms with Crippen molar-refractivity contribution in [1.82, 2.24) is 15.1 Å². The molecule has 3 amide bonds. The molecule has 3 fully saturated rings. The molecule has 1 aliphatic carbocycles. The van der Waals surface area contributed by atoms with E-state index in [1.54, 1.807) is 23.1 Å². The summed E-state index contributed by atoms with van der Waals surface area (Å²) < 4.78 is 6.42. The Morgan fingerprint density at radius 2 is 1.76 bits per heavy atom. The van der Waals surface area contributed by atoms with Crippen LogP contribution in [0.2, 0.25) is 10.0 Å². The van der Waals surface area contributed by atoms with Crippen LogP contribution in [0.1, 0.15) is 46.0 Å². The average Bonchev–Trinajstić information content (AvgIpc) is 3.52. The van der Waals surface area contributed by atoms with Crippen LogP contribution >= 0.6 is 23.2 Å². The molecule has 0 radical (unpaired) electrons. The first kappa shape index (κ1) is 27.4. The Hall–Kier alpha value is -2.13. The lowest BCUT2D eigenvalue weighted by Gasteiger charge is -2.34. The summed E-state index contributed by atoms with van der Waals surface area (Å²) in [6.07, 6.45) is 8.32. The number of halogens is 2. The number of carbonyl (C=O) groups is 3. The van der Waals surface area contributed by atoms with Gasteiger partial charge in [-0.3, -0.25) is 14.4 Å². The summed E-state index contributed by atoms with van der Waals surface area (Å²) in [6.45, 7) is 6.87. The van der Waals surface area contributed by atoms with Crippen LogP contribution in [0.5, 0.6) is 0 Å². The Labute approximate surface area is 234 Å². The molecule has 3 unspecified atom stereocenters. The van der Waals surface area contributed by atoms with Crippen molar-refractivity contribution in [2.75, 3.05) is 31.5 Å². The molecule has 5 atom stereocenters. The maximum absolute atomic E-state index is 14.0. The molecule has 1 saturated carbocycles. The molecule has 2 N–H and O–H groups in total. The molecule has 2 saturated heterocycles. The number of anilines is 1. The van der Waals surface area contributed by atoms with E-state index in [1.807, 2.05) is 12.2 Å². The number of benzene rings is 1. The van der Waals surface area contributed by atoms with E-state index >= 15 is 0 Å². The lowest BCUT2D eigenvalue weighted by Crippen LogP contribution is -2.57. The van der Waals surface area contributed by atoms with E-state index in [1.165, 1.54) is 6.42 Å². The fourth-order valence-electron chi connectivity index (χ4n) is 6.68. The first-order chi connectivity index (χ1) is 18.3. The van der Waals surface area contributed by atoms with Crippen molar-refractivity contribution in [3.63, 3.8) is 0 Å². The number of likely N-dealkylation sites (N-methyl/N-ethyl adjacent to an activating group) is 1. The van der Waals surface area contributed by atoms with Gasteiger partial charge in [-0.2, -0.15) is 0 Å². The van der Waals surface area contributed by atoms with Gasteiger partial charge in [0.25, 0.3) is 0 Å². The third kappa shape index (κ3) is 4.96. The number of nitrogens with one attached hydrogen (secondary N) is 2. The van der Waals surface area contributed by atoms with Gasteiger partial charge in [-0.25, -0.2) is 0 Å². The number of hydrogen-bond acceptors (Lipinski definition) is 5. The average molecular weight is 564 g/mol. The molecule has 2 bridgehead atoms. The Bertz CT molecular complexity index is 1100. The zero-order chi connectivity index (χ0) is 27.0. The van der Waals surface area contributed by atoms with Gasteiger partial charge in [0.05, 0.1) is 17.9 Å². The number of ether oxygens (including phenoxy) is 1. The van der Waals surface area contributed by atoms with Crippen molar-refractivity contribution >= 4 is 46.6 Å². The van der Waals surface area contributed by atoms with E-state index < -0.39 is 29.6 Å². The lowest BCUT2D eigenvalue weighted by molar-refractivity contribution is -0.141. The van der Waals surface area contributed by atoms with Crippen molar-refractivity contribution in [3.8, 4) is 0 Å². The first-order valence-corrected chi connectivity index (χ1v) is 14.5. The van der Waals surface area contributed by atoms with E-state index in [4.69, 9.17) is 27.9 Å². The number of hydrogen-bond donors (Lipinski definition) is 2. The van der Waals surface area contributed by atoms with Crippen LogP contribution in [-0.4, -0.2) is 77.5 Å². The molecular weight excluding hydrogens is 527 g/mol. The number of amides is 3. The molecule has 206 valence electrons. The van der Waals surface area contributed by atoms with Gasteiger partial charge in [0.2, 0.25) is 17.7 Å². The van der Waals surface area contributed by atoms with Gasteiger partial charge in [-0.1, -0.05) is 68.5 Å². The maximum Gasteiger partial charge on any atom is 0.246 e. The van der Waals surface area contributed by atoms with Crippen molar-refractivity contribution in [2.45, 2.75) is 69.7 Å². The third-order valence-corrected chi connectivity index (χ3v) is 8.99. The lowest BCUT2D eigenvalue weighted by atomic mass is 9.74. The van der Waals surface area contributed by atoms with Crippen LogP contribution in [0.25, 0.3) is 0 Å². The third-order valence-electron chi connectivity index (χ3n) is 8.56. The minimum atomic E-state index is -1.17. The Morgan fingerprint density at radius 3 is 2.42 bits per heavy atom. The monoisotopic (exact) mass is 562 g/mol. The molecule has 3 heterocycles. The van der Waals surface area contributed by atoms with Crippen molar-refractivity contribution in [3.05, 3.63) is 40.4 Å². The number of nitrogens with zero attached hydrogens (tertiary/aromatic N) is 2. The molecule has 1 aromatic carbocycles. The fraction of sp³-hybridized carbons (Fsp3) is 0.607. The van der Waals surface area contributed by atoms with Gasteiger partial charge in [0.1, 0.15) is 11.6 Å². The highest BCUT2D eigenvalue weighted by Crippen LogP contribution is 2.55. The summed E-state index contributed by atoms with van der Waals surface area (Å²) in [7, 11) is 0. The van der Waals surface area contributed by atoms with Crippen LogP contribution in [0, 0.1) is 11.8 Å². The standard InChI is InChI=1S/C28H36Cl2N4O4/c1-3-33(4-2)12-13-34-24(26(36)31-19-8-6-5-7-9-19)28-11-10-21(38-28)22(23(28)27(34)37)25(35)32-20-15-17(29)14-18(30)16-20/h10-11,14-16,19,21-24H,3-9,12-13H2,1-2H3,(H,31,36)(H,32,35)/t21-,22?,23-,24?,28?/m0/s1. The smallest absolute Gasteiger partial charge is 0.246 e. The predicted octanol–water partition coefficient (Wildman–Crippen LogP) is 3.87. The highest BCUT2D eigenvalue weighted by Gasteiger charge is 2.72. The van der Waals surface area contributed by atoms with Gasteiger partial charge in [-0.05, 0) is 44.1 Å². The van der Waals surface area contributed by atoms with E-state index in [2.05, 4.69) is 29.4 Å². The summed E-state index contributed by atoms with van der Waals surface area (Å²) in [5.41, 5.74) is -0.721. The SMILES string of the molecule is CCN(CC)CCN1C(=O)[C@@H]2C(C(=O)Nc3cc(Cl)cc(Cl)c3)[C@@H]3C=CC2(O3)C1C(=O)NC1CCCCC1. The van der Waals surface area contributed by atoms with Gasteiger partial charge in [-0.15, -0.1) is 0 Å². The van der Waals surface area contributed by atoms with Gasteiger partial charge < -0.3 is 25.2 Å². The summed E-state index contributed by atoms with van der Waals surface area (Å²) in [4.78, 5) is 45.3. The predicted molar refractivity (Wildman–Crippen MR) is 147 cm³/mol. The molecular formula is C28H36Cl2N4O4. The second-order valence-electron chi connectivity index (χ2n) is 10.8. The molecule has 0 aromatic heterocycles.